The molecule has 0 fully saturated rings. The van der Waals surface area contributed by atoms with E-state index in [2.05, 4.69) is 21.2 Å². The molecule has 3 nitrogen and oxygen atoms in total. The lowest BCUT2D eigenvalue weighted by molar-refractivity contribution is 0.0690. The standard InChI is InChI=1S/C9H7BrFNO2/c10-5-3-6-4(1-2-12-6)7(8(5)11)9(13)14/h3,12H,1-2H2,(H,13,14). The van der Waals surface area contributed by atoms with Gasteiger partial charge < -0.3 is 10.4 Å². The molecule has 0 amide bonds. The molecule has 14 heavy (non-hydrogen) atoms. The van der Waals surface area contributed by atoms with Gasteiger partial charge in [-0.05, 0) is 34.0 Å². The minimum atomic E-state index is -1.22. The molecule has 0 saturated carbocycles. The summed E-state index contributed by atoms with van der Waals surface area (Å²) in [6.07, 6.45) is 0.557. The number of halogens is 2. The first-order valence-electron chi connectivity index (χ1n) is 4.09. The van der Waals surface area contributed by atoms with E-state index >= 15 is 0 Å². The number of carboxylic acid groups (broad SMARTS) is 1. The molecule has 1 aromatic carbocycles. The molecule has 0 aliphatic carbocycles. The normalized spacial score (nSPS) is 13.6. The van der Waals surface area contributed by atoms with Crippen LogP contribution in [0.2, 0.25) is 0 Å². The van der Waals surface area contributed by atoms with E-state index in [1.165, 1.54) is 0 Å². The Morgan fingerprint density at radius 2 is 2.36 bits per heavy atom. The van der Waals surface area contributed by atoms with Gasteiger partial charge in [0.25, 0.3) is 0 Å². The molecule has 5 heteroatoms. The second kappa shape index (κ2) is 3.24. The van der Waals surface area contributed by atoms with Crippen LogP contribution in [0.4, 0.5) is 10.1 Å². The van der Waals surface area contributed by atoms with E-state index in [1.807, 2.05) is 0 Å². The van der Waals surface area contributed by atoms with Gasteiger partial charge in [0.05, 0.1) is 4.47 Å². The molecule has 0 unspecified atom stereocenters. The van der Waals surface area contributed by atoms with E-state index in [4.69, 9.17) is 5.11 Å². The summed E-state index contributed by atoms with van der Waals surface area (Å²) >= 11 is 2.99. The number of nitrogens with one attached hydrogen (secondary N) is 1. The maximum Gasteiger partial charge on any atom is 0.339 e. The summed E-state index contributed by atoms with van der Waals surface area (Å²) in [5.74, 6) is -1.91. The largest absolute Gasteiger partial charge is 0.478 e. The predicted molar refractivity (Wildman–Crippen MR) is 53.3 cm³/mol. The highest BCUT2D eigenvalue weighted by Gasteiger charge is 2.24. The Bertz CT molecular complexity index is 420. The molecule has 0 radical (unpaired) electrons. The van der Waals surface area contributed by atoms with Crippen molar-refractivity contribution in [2.45, 2.75) is 6.42 Å². The summed E-state index contributed by atoms with van der Waals surface area (Å²) in [6, 6.07) is 1.57. The third-order valence-electron chi connectivity index (χ3n) is 2.23. The van der Waals surface area contributed by atoms with Crippen LogP contribution in [0.15, 0.2) is 10.5 Å². The molecule has 0 spiro atoms. The van der Waals surface area contributed by atoms with E-state index in [-0.39, 0.29) is 10.0 Å². The van der Waals surface area contributed by atoms with Crippen LogP contribution in [0.25, 0.3) is 0 Å². The molecule has 1 aromatic rings. The van der Waals surface area contributed by atoms with Crippen LogP contribution in [-0.2, 0) is 6.42 Å². The smallest absolute Gasteiger partial charge is 0.339 e. The van der Waals surface area contributed by atoms with Gasteiger partial charge in [-0.2, -0.15) is 0 Å². The van der Waals surface area contributed by atoms with Gasteiger partial charge in [0.15, 0.2) is 5.82 Å². The molecule has 2 N–H and O–H groups in total. The van der Waals surface area contributed by atoms with Crippen LogP contribution >= 0.6 is 15.9 Å². The average Bonchev–Trinajstić information content (AvgIpc) is 2.52. The number of benzene rings is 1. The zero-order valence-corrected chi connectivity index (χ0v) is 8.69. The SMILES string of the molecule is O=C(O)c1c(F)c(Br)cc2c1CCN2. The zero-order valence-electron chi connectivity index (χ0n) is 7.10. The lowest BCUT2D eigenvalue weighted by Crippen LogP contribution is -2.05. The van der Waals surface area contributed by atoms with Gasteiger partial charge in [0, 0.05) is 12.2 Å². The van der Waals surface area contributed by atoms with Crippen LogP contribution in [0, 0.1) is 5.82 Å². The van der Waals surface area contributed by atoms with Crippen molar-refractivity contribution in [3.63, 3.8) is 0 Å². The van der Waals surface area contributed by atoms with E-state index in [9.17, 15) is 9.18 Å². The number of anilines is 1. The quantitative estimate of drug-likeness (QED) is 0.814. The Kier molecular flexibility index (Phi) is 2.19. The van der Waals surface area contributed by atoms with E-state index < -0.39 is 11.8 Å². The first kappa shape index (κ1) is 9.45. The zero-order chi connectivity index (χ0) is 10.3. The third-order valence-corrected chi connectivity index (χ3v) is 2.81. The van der Waals surface area contributed by atoms with Crippen molar-refractivity contribution in [1.29, 1.82) is 0 Å². The Balaban J connectivity index is 2.72. The lowest BCUT2D eigenvalue weighted by atomic mass is 10.0. The summed E-state index contributed by atoms with van der Waals surface area (Å²) in [6.45, 7) is 0.658. The number of rotatable bonds is 1. The lowest BCUT2D eigenvalue weighted by Gasteiger charge is -2.06. The van der Waals surface area contributed by atoms with Gasteiger partial charge in [-0.25, -0.2) is 9.18 Å². The van der Waals surface area contributed by atoms with Crippen LogP contribution in [0.1, 0.15) is 15.9 Å². The fraction of sp³-hybridized carbons (Fsp3) is 0.222. The summed E-state index contributed by atoms with van der Waals surface area (Å²) < 4.78 is 13.6. The molecular formula is C9H7BrFNO2. The van der Waals surface area contributed by atoms with E-state index in [1.54, 1.807) is 6.07 Å². The first-order chi connectivity index (χ1) is 6.61. The molecule has 0 aromatic heterocycles. The van der Waals surface area contributed by atoms with Gasteiger partial charge in [-0.3, -0.25) is 0 Å². The highest BCUT2D eigenvalue weighted by atomic mass is 79.9. The second-order valence-electron chi connectivity index (χ2n) is 3.06. The first-order valence-corrected chi connectivity index (χ1v) is 4.88. The maximum atomic E-state index is 13.5. The number of carbonyl (C=O) groups is 1. The van der Waals surface area contributed by atoms with E-state index in [0.29, 0.717) is 24.2 Å². The number of fused-ring (bicyclic) bond motifs is 1. The molecule has 74 valence electrons. The Labute approximate surface area is 88.1 Å². The molecule has 1 aliphatic rings. The summed E-state index contributed by atoms with van der Waals surface area (Å²) in [5, 5.41) is 11.9. The van der Waals surface area contributed by atoms with Gasteiger partial charge in [-0.1, -0.05) is 0 Å². The summed E-state index contributed by atoms with van der Waals surface area (Å²) in [4.78, 5) is 10.8. The van der Waals surface area contributed by atoms with Gasteiger partial charge in [0.2, 0.25) is 0 Å². The van der Waals surface area contributed by atoms with Crippen molar-refractivity contribution in [2.75, 3.05) is 11.9 Å². The van der Waals surface area contributed by atoms with Gasteiger partial charge >= 0.3 is 5.97 Å². The van der Waals surface area contributed by atoms with Crippen molar-refractivity contribution in [3.8, 4) is 0 Å². The maximum absolute atomic E-state index is 13.5. The monoisotopic (exact) mass is 259 g/mol. The molecule has 0 bridgehead atoms. The van der Waals surface area contributed by atoms with Crippen molar-refractivity contribution in [1.82, 2.24) is 0 Å². The van der Waals surface area contributed by atoms with Crippen LogP contribution < -0.4 is 5.32 Å². The summed E-state index contributed by atoms with van der Waals surface area (Å²) in [5.41, 5.74) is 1.04. The molecule has 1 heterocycles. The van der Waals surface area contributed by atoms with Crippen molar-refractivity contribution >= 4 is 27.6 Å². The van der Waals surface area contributed by atoms with Crippen molar-refractivity contribution < 1.29 is 14.3 Å². The fourth-order valence-corrected chi connectivity index (χ4v) is 2.05. The fourth-order valence-electron chi connectivity index (χ4n) is 1.63. The van der Waals surface area contributed by atoms with Crippen LogP contribution in [0.5, 0.6) is 0 Å². The highest BCUT2D eigenvalue weighted by Crippen LogP contribution is 2.32. The molecular weight excluding hydrogens is 253 g/mol. The van der Waals surface area contributed by atoms with Gasteiger partial charge in [-0.15, -0.1) is 0 Å². The predicted octanol–water partition coefficient (Wildman–Crippen LogP) is 2.25. The van der Waals surface area contributed by atoms with E-state index in [0.717, 1.165) is 0 Å². The van der Waals surface area contributed by atoms with Gasteiger partial charge in [0.1, 0.15) is 5.56 Å². The highest BCUT2D eigenvalue weighted by molar-refractivity contribution is 9.10. The molecule has 2 rings (SSSR count). The third kappa shape index (κ3) is 1.28. The average molecular weight is 260 g/mol. The molecule has 0 saturated heterocycles. The topological polar surface area (TPSA) is 49.3 Å². The second-order valence-corrected chi connectivity index (χ2v) is 3.91. The summed E-state index contributed by atoms with van der Waals surface area (Å²) in [7, 11) is 0. The van der Waals surface area contributed by atoms with Crippen molar-refractivity contribution in [3.05, 3.63) is 27.5 Å². The number of hydrogen-bond donors (Lipinski definition) is 2. The number of aromatic carboxylic acids is 1. The minimum Gasteiger partial charge on any atom is -0.478 e. The van der Waals surface area contributed by atoms with Crippen molar-refractivity contribution in [2.24, 2.45) is 0 Å². The number of carboxylic acids is 1. The van der Waals surface area contributed by atoms with Crippen LogP contribution in [0.3, 0.4) is 0 Å². The number of hydrogen-bond acceptors (Lipinski definition) is 2. The molecule has 1 aliphatic heterocycles. The van der Waals surface area contributed by atoms with Crippen LogP contribution in [-0.4, -0.2) is 17.6 Å². The minimum absolute atomic E-state index is 0.183. The Morgan fingerprint density at radius 1 is 1.64 bits per heavy atom. The Hall–Kier alpha value is -1.10. The molecule has 0 atom stereocenters. The Morgan fingerprint density at radius 3 is 3.00 bits per heavy atom.